The Hall–Kier alpha value is -1.95. The smallest absolute Gasteiger partial charge is 0.870 e. The molecule has 1 aliphatic heterocycles. The topological polar surface area (TPSA) is 153 Å². The monoisotopic (exact) mass is 438 g/mol. The zero-order valence-corrected chi connectivity index (χ0v) is 18.5. The van der Waals surface area contributed by atoms with Crippen molar-refractivity contribution >= 4 is 11.0 Å². The van der Waals surface area contributed by atoms with Crippen molar-refractivity contribution < 1.29 is 69.0 Å². The van der Waals surface area contributed by atoms with E-state index in [9.17, 15) is 30.3 Å². The third-order valence-corrected chi connectivity index (χ3v) is 4.95. The van der Waals surface area contributed by atoms with Crippen LogP contribution in [0.5, 0.6) is 11.5 Å². The van der Waals surface area contributed by atoms with Crippen molar-refractivity contribution in [2.75, 3.05) is 6.61 Å². The number of rotatable bonds is 4. The van der Waals surface area contributed by atoms with Gasteiger partial charge in [0.1, 0.15) is 41.5 Å². The van der Waals surface area contributed by atoms with Crippen LogP contribution in [0, 0.1) is 0 Å². The molecule has 31 heavy (non-hydrogen) atoms. The van der Waals surface area contributed by atoms with E-state index in [1.165, 1.54) is 24.3 Å². The first-order valence-corrected chi connectivity index (χ1v) is 9.20. The van der Waals surface area contributed by atoms with Gasteiger partial charge in [0.2, 0.25) is 6.29 Å². The second kappa shape index (κ2) is 9.68. The molecule has 1 saturated heterocycles. The first kappa shape index (κ1) is 23.7. The molecule has 10 heteroatoms. The molecule has 0 unspecified atom stereocenters. The Morgan fingerprint density at radius 1 is 1.00 bits per heavy atom. The SMILES string of the molecule is O=c1cc(-c2ccc(O[C@@H]3O[C@H](CO)[C@H](O)[C@H](O)[C@H]3O)c([O-])c2)oc2ccccc12.[Na+]. The van der Waals surface area contributed by atoms with E-state index in [2.05, 4.69) is 0 Å². The van der Waals surface area contributed by atoms with Gasteiger partial charge in [-0.3, -0.25) is 4.79 Å². The Labute approximate surface area is 198 Å². The van der Waals surface area contributed by atoms with Gasteiger partial charge in [-0.15, -0.1) is 0 Å². The summed E-state index contributed by atoms with van der Waals surface area (Å²) in [7, 11) is 0. The minimum Gasteiger partial charge on any atom is -0.870 e. The number of hydrogen-bond donors (Lipinski definition) is 4. The zero-order chi connectivity index (χ0) is 21.4. The van der Waals surface area contributed by atoms with Crippen molar-refractivity contribution in [1.29, 1.82) is 0 Å². The van der Waals surface area contributed by atoms with Crippen molar-refractivity contribution in [1.82, 2.24) is 0 Å². The number of ether oxygens (including phenoxy) is 2. The third kappa shape index (κ3) is 4.64. The summed E-state index contributed by atoms with van der Waals surface area (Å²) in [5.41, 5.74) is 0.485. The molecule has 0 aliphatic carbocycles. The zero-order valence-electron chi connectivity index (χ0n) is 16.5. The summed E-state index contributed by atoms with van der Waals surface area (Å²) < 4.78 is 16.3. The molecule has 4 N–H and O–H groups in total. The van der Waals surface area contributed by atoms with Crippen molar-refractivity contribution in [2.24, 2.45) is 0 Å². The molecule has 0 radical (unpaired) electrons. The van der Waals surface area contributed by atoms with Crippen LogP contribution in [0.25, 0.3) is 22.3 Å². The van der Waals surface area contributed by atoms with E-state index >= 15 is 0 Å². The summed E-state index contributed by atoms with van der Waals surface area (Å²) >= 11 is 0. The summed E-state index contributed by atoms with van der Waals surface area (Å²) in [6.07, 6.45) is -7.43. The van der Waals surface area contributed by atoms with E-state index in [0.717, 1.165) is 0 Å². The van der Waals surface area contributed by atoms with E-state index < -0.39 is 43.1 Å². The molecule has 1 aliphatic rings. The van der Waals surface area contributed by atoms with Gasteiger partial charge in [0.15, 0.2) is 5.43 Å². The summed E-state index contributed by atoms with van der Waals surface area (Å²) in [6.45, 7) is -0.616. The Balaban J connectivity index is 0.00000272. The number of aliphatic hydroxyl groups excluding tert-OH is 4. The summed E-state index contributed by atoms with van der Waals surface area (Å²) in [5.74, 6) is -0.568. The Kier molecular flexibility index (Phi) is 7.40. The molecular weight excluding hydrogens is 419 g/mol. The van der Waals surface area contributed by atoms with Crippen LogP contribution in [0.4, 0.5) is 0 Å². The Morgan fingerprint density at radius 2 is 1.74 bits per heavy atom. The normalized spacial score (nSPS) is 25.7. The average Bonchev–Trinajstić information content (AvgIpc) is 2.75. The molecule has 0 saturated carbocycles. The van der Waals surface area contributed by atoms with Crippen LogP contribution in [0.2, 0.25) is 0 Å². The van der Waals surface area contributed by atoms with Crippen LogP contribution in [-0.2, 0) is 4.74 Å². The molecule has 158 valence electrons. The number of fused-ring (bicyclic) bond motifs is 1. The number of hydrogen-bond acceptors (Lipinski definition) is 9. The second-order valence-electron chi connectivity index (χ2n) is 6.95. The summed E-state index contributed by atoms with van der Waals surface area (Å²) in [5, 5.41) is 51.8. The molecular formula is C21H19NaO9. The Bertz CT molecular complexity index is 1110. The minimum atomic E-state index is -1.64. The van der Waals surface area contributed by atoms with E-state index in [1.807, 2.05) is 0 Å². The summed E-state index contributed by atoms with van der Waals surface area (Å²) in [4.78, 5) is 12.3. The number of para-hydroxylation sites is 1. The molecule has 1 aromatic heterocycles. The van der Waals surface area contributed by atoms with Gasteiger partial charge in [-0.05, 0) is 24.3 Å². The fourth-order valence-corrected chi connectivity index (χ4v) is 3.29. The van der Waals surface area contributed by atoms with E-state index in [0.29, 0.717) is 16.5 Å². The molecule has 3 aromatic rings. The maximum atomic E-state index is 12.5. The molecule has 1 fully saturated rings. The van der Waals surface area contributed by atoms with Crippen LogP contribution < -0.4 is 44.8 Å². The van der Waals surface area contributed by atoms with Gasteiger partial charge in [0.25, 0.3) is 0 Å². The third-order valence-electron chi connectivity index (χ3n) is 4.95. The van der Waals surface area contributed by atoms with Gasteiger partial charge in [-0.25, -0.2) is 0 Å². The van der Waals surface area contributed by atoms with E-state index in [1.54, 1.807) is 24.3 Å². The van der Waals surface area contributed by atoms with Crippen LogP contribution in [0.1, 0.15) is 0 Å². The van der Waals surface area contributed by atoms with Gasteiger partial charge in [0.05, 0.1) is 12.0 Å². The van der Waals surface area contributed by atoms with Crippen LogP contribution in [0.3, 0.4) is 0 Å². The van der Waals surface area contributed by atoms with Crippen LogP contribution in [0.15, 0.2) is 57.7 Å². The molecule has 0 amide bonds. The second-order valence-corrected chi connectivity index (χ2v) is 6.95. The fourth-order valence-electron chi connectivity index (χ4n) is 3.29. The molecule has 5 atom stereocenters. The molecule has 0 spiro atoms. The van der Waals surface area contributed by atoms with Crippen molar-refractivity contribution in [3.63, 3.8) is 0 Å². The molecule has 2 heterocycles. The van der Waals surface area contributed by atoms with Crippen molar-refractivity contribution in [2.45, 2.75) is 30.7 Å². The largest absolute Gasteiger partial charge is 1.00 e. The van der Waals surface area contributed by atoms with Crippen LogP contribution >= 0.6 is 0 Å². The first-order chi connectivity index (χ1) is 14.4. The van der Waals surface area contributed by atoms with Gasteiger partial charge in [-0.1, -0.05) is 23.9 Å². The number of benzene rings is 2. The van der Waals surface area contributed by atoms with Gasteiger partial charge < -0.3 is 39.4 Å². The molecule has 0 bridgehead atoms. The first-order valence-electron chi connectivity index (χ1n) is 9.20. The predicted octanol–water partition coefficient (Wildman–Crippen LogP) is -3.28. The van der Waals surface area contributed by atoms with E-state index in [4.69, 9.17) is 13.9 Å². The quantitative estimate of drug-likeness (QED) is 0.307. The maximum Gasteiger partial charge on any atom is 1.00 e. The fraction of sp³-hybridized carbons (Fsp3) is 0.286. The molecule has 9 nitrogen and oxygen atoms in total. The van der Waals surface area contributed by atoms with E-state index in [-0.39, 0.29) is 46.5 Å². The van der Waals surface area contributed by atoms with Gasteiger partial charge >= 0.3 is 29.6 Å². The summed E-state index contributed by atoms with van der Waals surface area (Å²) in [6, 6.07) is 12.0. The van der Waals surface area contributed by atoms with Crippen molar-refractivity contribution in [3.05, 3.63) is 58.8 Å². The Morgan fingerprint density at radius 3 is 2.45 bits per heavy atom. The predicted molar refractivity (Wildman–Crippen MR) is 102 cm³/mol. The molecule has 2 aromatic carbocycles. The molecule has 4 rings (SSSR count). The average molecular weight is 438 g/mol. The standard InChI is InChI=1S/C21H20O9.Na/c22-9-17-18(25)19(26)20(27)21(30-17)29-15-6-5-10(7-13(15)24)16-8-12(23)11-3-1-2-4-14(11)28-16;/h1-8,17-22,24-27H,9H2;/q;+1/p-1/t17-,18+,19+,20-,21-;/m1./s1. The minimum absolute atomic E-state index is 0. The van der Waals surface area contributed by atoms with Crippen LogP contribution in [-0.4, -0.2) is 57.7 Å². The van der Waals surface area contributed by atoms with Gasteiger partial charge in [0, 0.05) is 11.6 Å². The van der Waals surface area contributed by atoms with Crippen molar-refractivity contribution in [3.8, 4) is 22.8 Å². The van der Waals surface area contributed by atoms with Gasteiger partial charge in [-0.2, -0.15) is 0 Å². The maximum absolute atomic E-state index is 12.5. The number of aliphatic hydroxyl groups is 4.